The van der Waals surface area contributed by atoms with Gasteiger partial charge in [-0.2, -0.15) is 0 Å². The van der Waals surface area contributed by atoms with E-state index in [0.29, 0.717) is 13.1 Å². The van der Waals surface area contributed by atoms with E-state index in [2.05, 4.69) is 34.0 Å². The van der Waals surface area contributed by atoms with Crippen LogP contribution in [0.4, 0.5) is 0 Å². The van der Waals surface area contributed by atoms with E-state index >= 15 is 0 Å². The third kappa shape index (κ3) is 6.97. The van der Waals surface area contributed by atoms with Gasteiger partial charge in [0.05, 0.1) is 12.1 Å². The van der Waals surface area contributed by atoms with E-state index in [1.165, 1.54) is 10.4 Å². The minimum atomic E-state index is -0.658. The van der Waals surface area contributed by atoms with Crippen LogP contribution in [0.5, 0.6) is 0 Å². The van der Waals surface area contributed by atoms with Crippen LogP contribution >= 0.6 is 35.3 Å². The summed E-state index contributed by atoms with van der Waals surface area (Å²) >= 11 is 1.73. The Hall–Kier alpha value is -0.340. The van der Waals surface area contributed by atoms with Crippen molar-refractivity contribution in [3.63, 3.8) is 0 Å². The normalized spacial score (nSPS) is 12.0. The molecular weight excluding hydrogens is 397 g/mol. The third-order valence-corrected chi connectivity index (χ3v) is 4.60. The van der Waals surface area contributed by atoms with Crippen LogP contribution in [0, 0.1) is 6.92 Å². The van der Waals surface area contributed by atoms with Gasteiger partial charge in [0.2, 0.25) is 0 Å². The number of aliphatic hydroxyl groups is 1. The Morgan fingerprint density at radius 1 is 1.29 bits per heavy atom. The van der Waals surface area contributed by atoms with Gasteiger partial charge in [0.15, 0.2) is 5.96 Å². The quantitative estimate of drug-likeness (QED) is 0.357. The highest BCUT2D eigenvalue weighted by Gasteiger charge is 2.22. The van der Waals surface area contributed by atoms with Crippen LogP contribution in [0.15, 0.2) is 16.4 Å². The molecule has 0 unspecified atom stereocenters. The second-order valence-corrected chi connectivity index (χ2v) is 6.01. The van der Waals surface area contributed by atoms with Crippen molar-refractivity contribution < 1.29 is 5.11 Å². The highest BCUT2D eigenvalue weighted by molar-refractivity contribution is 14.0. The van der Waals surface area contributed by atoms with Gasteiger partial charge in [-0.15, -0.1) is 35.3 Å². The van der Waals surface area contributed by atoms with Gasteiger partial charge in [-0.1, -0.05) is 13.8 Å². The fraction of sp³-hybridized carbons (Fsp3) is 0.667. The van der Waals surface area contributed by atoms with Crippen molar-refractivity contribution in [2.45, 2.75) is 52.7 Å². The Balaban J connectivity index is 0.00000400. The van der Waals surface area contributed by atoms with E-state index < -0.39 is 5.60 Å². The van der Waals surface area contributed by atoms with Crippen molar-refractivity contribution in [1.82, 2.24) is 10.6 Å². The van der Waals surface area contributed by atoms with Crippen molar-refractivity contribution in [1.29, 1.82) is 0 Å². The summed E-state index contributed by atoms with van der Waals surface area (Å²) in [5.41, 5.74) is 0.628. The van der Waals surface area contributed by atoms with Crippen LogP contribution in [0.3, 0.4) is 0 Å². The number of thiophene rings is 1. The number of hydrogen-bond acceptors (Lipinski definition) is 3. The number of guanidine groups is 1. The lowest BCUT2D eigenvalue weighted by molar-refractivity contribution is 0.0367. The highest BCUT2D eigenvalue weighted by atomic mass is 127. The molecule has 0 atom stereocenters. The molecule has 1 aromatic rings. The summed E-state index contributed by atoms with van der Waals surface area (Å²) < 4.78 is 0. The summed E-state index contributed by atoms with van der Waals surface area (Å²) in [6.07, 6.45) is 1.47. The van der Waals surface area contributed by atoms with Crippen LogP contribution in [-0.2, 0) is 6.54 Å². The van der Waals surface area contributed by atoms with Gasteiger partial charge < -0.3 is 15.7 Å². The predicted octanol–water partition coefficient (Wildman–Crippen LogP) is 3.28. The molecule has 1 aromatic heterocycles. The van der Waals surface area contributed by atoms with Gasteiger partial charge >= 0.3 is 0 Å². The largest absolute Gasteiger partial charge is 0.388 e. The molecule has 0 bridgehead atoms. The Kier molecular flexibility index (Phi) is 10.2. The van der Waals surface area contributed by atoms with Crippen molar-refractivity contribution in [3.05, 3.63) is 21.9 Å². The molecule has 122 valence electrons. The van der Waals surface area contributed by atoms with Gasteiger partial charge in [-0.25, -0.2) is 4.99 Å². The molecule has 0 aliphatic carbocycles. The number of halogens is 1. The average molecular weight is 425 g/mol. The van der Waals surface area contributed by atoms with E-state index in [1.807, 2.05) is 20.8 Å². The summed E-state index contributed by atoms with van der Waals surface area (Å²) in [4.78, 5) is 5.86. The van der Waals surface area contributed by atoms with E-state index in [4.69, 9.17) is 0 Å². The molecule has 0 radical (unpaired) electrons. The predicted molar refractivity (Wildman–Crippen MR) is 103 cm³/mol. The summed E-state index contributed by atoms with van der Waals surface area (Å²) in [6.45, 7) is 10.2. The Labute approximate surface area is 149 Å². The molecule has 0 aliphatic heterocycles. The Morgan fingerprint density at radius 2 is 1.95 bits per heavy atom. The van der Waals surface area contributed by atoms with Gasteiger partial charge in [-0.05, 0) is 43.7 Å². The molecule has 0 aliphatic rings. The SMILES string of the molecule is CCNC(=NCc1sccc1C)NCC(O)(CC)CC.I. The molecule has 3 N–H and O–H groups in total. The molecule has 1 heterocycles. The lowest BCUT2D eigenvalue weighted by atomic mass is 9.98. The molecule has 0 spiro atoms. The first-order valence-corrected chi connectivity index (χ1v) is 8.20. The maximum Gasteiger partial charge on any atom is 0.191 e. The summed E-state index contributed by atoms with van der Waals surface area (Å²) in [7, 11) is 0. The molecule has 0 saturated carbocycles. The van der Waals surface area contributed by atoms with Crippen LogP contribution in [0.2, 0.25) is 0 Å². The number of nitrogens with one attached hydrogen (secondary N) is 2. The van der Waals surface area contributed by atoms with Crippen molar-refractivity contribution in [3.8, 4) is 0 Å². The third-order valence-electron chi connectivity index (χ3n) is 3.59. The fourth-order valence-electron chi connectivity index (χ4n) is 1.81. The first kappa shape index (κ1) is 20.7. The number of hydrogen-bond donors (Lipinski definition) is 3. The maximum absolute atomic E-state index is 10.3. The molecule has 21 heavy (non-hydrogen) atoms. The summed E-state index contributed by atoms with van der Waals surface area (Å²) in [5.74, 6) is 0.764. The topological polar surface area (TPSA) is 56.7 Å². The van der Waals surface area contributed by atoms with E-state index in [1.54, 1.807) is 11.3 Å². The number of aliphatic imine (C=N–C) groups is 1. The first-order chi connectivity index (χ1) is 9.54. The van der Waals surface area contributed by atoms with Crippen LogP contribution in [0.1, 0.15) is 44.1 Å². The highest BCUT2D eigenvalue weighted by Crippen LogP contribution is 2.16. The van der Waals surface area contributed by atoms with E-state index in [0.717, 1.165) is 25.3 Å². The Bertz CT molecular complexity index is 430. The number of aryl methyl sites for hydroxylation is 1. The molecular formula is C15H28IN3OS. The minimum Gasteiger partial charge on any atom is -0.388 e. The first-order valence-electron chi connectivity index (χ1n) is 7.32. The molecule has 4 nitrogen and oxygen atoms in total. The van der Waals surface area contributed by atoms with Crippen molar-refractivity contribution in [2.24, 2.45) is 4.99 Å². The van der Waals surface area contributed by atoms with Gasteiger partial charge in [0.25, 0.3) is 0 Å². The minimum absolute atomic E-state index is 0. The van der Waals surface area contributed by atoms with E-state index in [9.17, 15) is 5.11 Å². The second kappa shape index (κ2) is 10.4. The van der Waals surface area contributed by atoms with Crippen LogP contribution in [-0.4, -0.2) is 29.8 Å². The molecule has 0 amide bonds. The monoisotopic (exact) mass is 425 g/mol. The van der Waals surface area contributed by atoms with Gasteiger partial charge in [-0.3, -0.25) is 0 Å². The van der Waals surface area contributed by atoms with Crippen LogP contribution < -0.4 is 10.6 Å². The molecule has 6 heteroatoms. The molecule has 1 rings (SSSR count). The number of nitrogens with zero attached hydrogens (tertiary/aromatic N) is 1. The van der Waals surface area contributed by atoms with E-state index in [-0.39, 0.29) is 24.0 Å². The lowest BCUT2D eigenvalue weighted by Crippen LogP contribution is -2.46. The van der Waals surface area contributed by atoms with Gasteiger partial charge in [0.1, 0.15) is 0 Å². The second-order valence-electron chi connectivity index (χ2n) is 5.01. The maximum atomic E-state index is 10.3. The zero-order valence-electron chi connectivity index (χ0n) is 13.4. The standard InChI is InChI=1S/C15H27N3OS.HI/c1-5-15(19,6-2)11-18-14(16-7-3)17-10-13-12(4)8-9-20-13;/h8-9,19H,5-7,10-11H2,1-4H3,(H2,16,17,18);1H. The molecule has 0 saturated heterocycles. The summed E-state index contributed by atoms with van der Waals surface area (Å²) in [6, 6.07) is 2.11. The average Bonchev–Trinajstić information content (AvgIpc) is 2.87. The summed E-state index contributed by atoms with van der Waals surface area (Å²) in [5, 5.41) is 18.8. The number of rotatable bonds is 7. The van der Waals surface area contributed by atoms with Crippen molar-refractivity contribution >= 4 is 41.3 Å². The van der Waals surface area contributed by atoms with Crippen molar-refractivity contribution in [2.75, 3.05) is 13.1 Å². The fourth-order valence-corrected chi connectivity index (χ4v) is 2.64. The zero-order chi connectivity index (χ0) is 15.0. The Morgan fingerprint density at radius 3 is 2.43 bits per heavy atom. The lowest BCUT2D eigenvalue weighted by Gasteiger charge is -2.26. The molecule has 0 fully saturated rings. The van der Waals surface area contributed by atoms with Crippen LogP contribution in [0.25, 0.3) is 0 Å². The molecule has 0 aromatic carbocycles. The van der Waals surface area contributed by atoms with Gasteiger partial charge in [0, 0.05) is 18.0 Å². The zero-order valence-corrected chi connectivity index (χ0v) is 16.5. The smallest absolute Gasteiger partial charge is 0.191 e.